The Morgan fingerprint density at radius 3 is 2.75 bits per heavy atom. The third-order valence-corrected chi connectivity index (χ3v) is 4.92. The number of aromatic nitrogens is 1. The second kappa shape index (κ2) is 12.0. The highest BCUT2D eigenvalue weighted by atomic mass is 127. The number of hydrogen-bond donors (Lipinski definition) is 2. The van der Waals surface area contributed by atoms with Crippen molar-refractivity contribution in [2.24, 2.45) is 4.99 Å². The second-order valence-corrected chi connectivity index (χ2v) is 7.42. The first-order valence-corrected chi connectivity index (χ1v) is 10.7. The molecule has 0 amide bonds. The Hall–Kier alpha value is -2.46. The summed E-state index contributed by atoms with van der Waals surface area (Å²) in [6.07, 6.45) is 2.49. The summed E-state index contributed by atoms with van der Waals surface area (Å²) in [6.45, 7) is 4.91. The summed E-state index contributed by atoms with van der Waals surface area (Å²) in [6, 6.07) is 13.6. The van der Waals surface area contributed by atoms with Crippen LogP contribution in [0.5, 0.6) is 11.5 Å². The normalized spacial score (nSPS) is 13.1. The molecule has 4 rings (SSSR count). The first-order chi connectivity index (χ1) is 15.2. The molecule has 3 aromatic rings. The molecule has 9 heteroatoms. The van der Waals surface area contributed by atoms with Crippen LogP contribution in [0, 0.1) is 0 Å². The minimum atomic E-state index is 0. The molecule has 32 heavy (non-hydrogen) atoms. The molecule has 2 N–H and O–H groups in total. The zero-order chi connectivity index (χ0) is 21.5. The lowest BCUT2D eigenvalue weighted by molar-refractivity contribution is 0.297. The minimum Gasteiger partial charge on any atom is -0.489 e. The lowest BCUT2D eigenvalue weighted by atomic mass is 10.2. The molecule has 0 bridgehead atoms. The van der Waals surface area contributed by atoms with Crippen molar-refractivity contribution in [3.63, 3.8) is 0 Å². The van der Waals surface area contributed by atoms with Crippen LogP contribution < -0.4 is 20.1 Å². The van der Waals surface area contributed by atoms with Crippen LogP contribution in [-0.4, -0.2) is 30.7 Å². The van der Waals surface area contributed by atoms with E-state index >= 15 is 0 Å². The summed E-state index contributed by atoms with van der Waals surface area (Å²) in [5.41, 5.74) is 2.68. The van der Waals surface area contributed by atoms with Gasteiger partial charge in [0.25, 0.3) is 0 Å². The Labute approximate surface area is 209 Å². The lowest BCUT2D eigenvalue weighted by Crippen LogP contribution is -2.36. The third-order valence-electron chi connectivity index (χ3n) is 4.64. The monoisotopic (exact) mass is 568 g/mol. The summed E-state index contributed by atoms with van der Waals surface area (Å²) < 4.78 is 17.0. The zero-order valence-electron chi connectivity index (χ0n) is 17.8. The van der Waals surface area contributed by atoms with Gasteiger partial charge in [-0.15, -0.1) is 24.0 Å². The maximum atomic E-state index is 6.39. The largest absolute Gasteiger partial charge is 0.489 e. The van der Waals surface area contributed by atoms with Gasteiger partial charge in [-0.25, -0.2) is 9.98 Å². The van der Waals surface area contributed by atoms with Crippen LogP contribution in [0.1, 0.15) is 24.6 Å². The van der Waals surface area contributed by atoms with E-state index in [4.69, 9.17) is 25.5 Å². The number of guanidine groups is 1. The van der Waals surface area contributed by atoms with Gasteiger partial charge in [0, 0.05) is 18.5 Å². The van der Waals surface area contributed by atoms with Crippen LogP contribution in [0.2, 0.25) is 5.02 Å². The lowest BCUT2D eigenvalue weighted by Gasteiger charge is -2.12. The van der Waals surface area contributed by atoms with Gasteiger partial charge < -0.3 is 24.5 Å². The molecular formula is C23H26ClIN4O3. The number of rotatable bonds is 6. The third kappa shape index (κ3) is 6.29. The Morgan fingerprint density at radius 1 is 1.12 bits per heavy atom. The van der Waals surface area contributed by atoms with Crippen molar-refractivity contribution in [1.29, 1.82) is 0 Å². The van der Waals surface area contributed by atoms with Gasteiger partial charge in [-0.1, -0.05) is 29.8 Å². The van der Waals surface area contributed by atoms with Crippen molar-refractivity contribution >= 4 is 41.5 Å². The molecule has 0 atom stereocenters. The van der Waals surface area contributed by atoms with E-state index in [9.17, 15) is 0 Å². The van der Waals surface area contributed by atoms with Crippen molar-refractivity contribution in [3.8, 4) is 23.0 Å². The smallest absolute Gasteiger partial charge is 0.226 e. The number of aliphatic imine (C=N–C) groups is 1. The fourth-order valence-corrected chi connectivity index (χ4v) is 3.45. The highest BCUT2D eigenvalue weighted by molar-refractivity contribution is 14.0. The summed E-state index contributed by atoms with van der Waals surface area (Å²) >= 11 is 6.39. The van der Waals surface area contributed by atoms with Crippen LogP contribution in [0.3, 0.4) is 0 Å². The number of ether oxygens (including phenoxy) is 2. The van der Waals surface area contributed by atoms with Gasteiger partial charge in [0.1, 0.15) is 6.26 Å². The summed E-state index contributed by atoms with van der Waals surface area (Å²) in [5.74, 6) is 2.55. The van der Waals surface area contributed by atoms with E-state index < -0.39 is 0 Å². The highest BCUT2D eigenvalue weighted by Crippen LogP contribution is 2.38. The number of nitrogens with zero attached hydrogens (tertiary/aromatic N) is 2. The Kier molecular flexibility index (Phi) is 9.04. The quantitative estimate of drug-likeness (QED) is 0.247. The van der Waals surface area contributed by atoms with Crippen molar-refractivity contribution in [2.75, 3.05) is 19.8 Å². The fourth-order valence-electron chi connectivity index (χ4n) is 3.16. The number of halogens is 2. The number of oxazole rings is 1. The Morgan fingerprint density at radius 2 is 1.94 bits per heavy atom. The number of hydrogen-bond acceptors (Lipinski definition) is 5. The highest BCUT2D eigenvalue weighted by Gasteiger charge is 2.15. The van der Waals surface area contributed by atoms with E-state index in [1.807, 2.05) is 49.4 Å². The minimum absolute atomic E-state index is 0. The van der Waals surface area contributed by atoms with Crippen molar-refractivity contribution in [3.05, 3.63) is 65.0 Å². The summed E-state index contributed by atoms with van der Waals surface area (Å²) in [5, 5.41) is 7.07. The van der Waals surface area contributed by atoms with E-state index in [0.717, 1.165) is 29.8 Å². The molecule has 1 aromatic heterocycles. The van der Waals surface area contributed by atoms with E-state index in [-0.39, 0.29) is 24.0 Å². The van der Waals surface area contributed by atoms with Crippen LogP contribution in [0.15, 0.2) is 58.1 Å². The summed E-state index contributed by atoms with van der Waals surface area (Å²) in [7, 11) is 0. The topological polar surface area (TPSA) is 80.9 Å². The zero-order valence-corrected chi connectivity index (χ0v) is 20.9. The van der Waals surface area contributed by atoms with E-state index in [0.29, 0.717) is 54.7 Å². The fraction of sp³-hybridized carbons (Fsp3) is 0.304. The van der Waals surface area contributed by atoms with Gasteiger partial charge in [0.05, 0.1) is 37.0 Å². The standard InChI is InChI=1S/C23H25ClN4O3.HI/c1-2-25-23(27-14-18-15-31-22(28-18)17-7-4-3-5-8-17)26-13-16-11-19(24)21-20(12-16)29-9-6-10-30-21;/h3-5,7-8,11-12,15H,2,6,9-10,13-14H2,1H3,(H2,25,26,27);1H. The van der Waals surface area contributed by atoms with Crippen LogP contribution >= 0.6 is 35.6 Å². The van der Waals surface area contributed by atoms with Crippen LogP contribution in [0.25, 0.3) is 11.5 Å². The van der Waals surface area contributed by atoms with Gasteiger partial charge in [0.2, 0.25) is 5.89 Å². The number of fused-ring (bicyclic) bond motifs is 1. The van der Waals surface area contributed by atoms with Crippen LogP contribution in [0.4, 0.5) is 0 Å². The molecule has 0 radical (unpaired) electrons. The summed E-state index contributed by atoms with van der Waals surface area (Å²) in [4.78, 5) is 9.20. The molecule has 0 unspecified atom stereocenters. The maximum absolute atomic E-state index is 6.39. The molecule has 0 spiro atoms. The first kappa shape index (κ1) is 24.2. The predicted molar refractivity (Wildman–Crippen MR) is 136 cm³/mol. The molecule has 0 saturated heterocycles. The predicted octanol–water partition coefficient (Wildman–Crippen LogP) is 5.03. The van der Waals surface area contributed by atoms with Crippen molar-refractivity contribution in [1.82, 2.24) is 15.6 Å². The molecule has 0 fully saturated rings. The van der Waals surface area contributed by atoms with Gasteiger partial charge in [-0.2, -0.15) is 0 Å². The first-order valence-electron chi connectivity index (χ1n) is 10.3. The van der Waals surface area contributed by atoms with Gasteiger partial charge in [-0.3, -0.25) is 0 Å². The molecular weight excluding hydrogens is 543 g/mol. The average molecular weight is 569 g/mol. The molecule has 1 aliphatic rings. The molecule has 2 aromatic carbocycles. The molecule has 2 heterocycles. The SMILES string of the molecule is CCNC(=NCc1cc(Cl)c2c(c1)OCCCO2)NCc1coc(-c2ccccc2)n1.I. The van der Waals surface area contributed by atoms with E-state index in [1.54, 1.807) is 6.26 Å². The molecule has 170 valence electrons. The van der Waals surface area contributed by atoms with Crippen molar-refractivity contribution < 1.29 is 13.9 Å². The number of nitrogens with one attached hydrogen (secondary N) is 2. The van der Waals surface area contributed by atoms with Gasteiger partial charge >= 0.3 is 0 Å². The van der Waals surface area contributed by atoms with E-state index in [1.165, 1.54) is 0 Å². The molecule has 0 aliphatic carbocycles. The van der Waals surface area contributed by atoms with Crippen LogP contribution in [-0.2, 0) is 13.1 Å². The van der Waals surface area contributed by atoms with E-state index in [2.05, 4.69) is 20.6 Å². The Bertz CT molecular complexity index is 1040. The van der Waals surface area contributed by atoms with Gasteiger partial charge in [0.15, 0.2) is 17.5 Å². The average Bonchev–Trinajstić information content (AvgIpc) is 3.13. The maximum Gasteiger partial charge on any atom is 0.226 e. The molecule has 1 aliphatic heterocycles. The second-order valence-electron chi connectivity index (χ2n) is 7.01. The molecule has 7 nitrogen and oxygen atoms in total. The van der Waals surface area contributed by atoms with Gasteiger partial charge in [-0.05, 0) is 36.8 Å². The Balaban J connectivity index is 0.00000289. The number of benzene rings is 2. The molecule has 0 saturated carbocycles. The van der Waals surface area contributed by atoms with Crippen molar-refractivity contribution in [2.45, 2.75) is 26.4 Å².